The minimum atomic E-state index is -4.40. The van der Waals surface area contributed by atoms with Gasteiger partial charge in [0.2, 0.25) is 0 Å². The zero-order chi connectivity index (χ0) is 23.8. The molecule has 1 fully saturated rings. The highest BCUT2D eigenvalue weighted by molar-refractivity contribution is 5.93. The number of nitrogens with zero attached hydrogens (tertiary/aromatic N) is 5. The Morgan fingerprint density at radius 3 is 2.39 bits per heavy atom. The number of alkyl halides is 3. The number of hydrogen-bond donors (Lipinski definition) is 1. The number of aromatic nitrogens is 4. The predicted molar refractivity (Wildman–Crippen MR) is 118 cm³/mol. The van der Waals surface area contributed by atoms with E-state index in [1.165, 1.54) is 10.9 Å². The van der Waals surface area contributed by atoms with Crippen molar-refractivity contribution < 1.29 is 18.0 Å². The fourth-order valence-electron chi connectivity index (χ4n) is 3.97. The van der Waals surface area contributed by atoms with E-state index in [9.17, 15) is 18.0 Å². The number of hydrogen-bond acceptors (Lipinski definition) is 5. The number of carbonyl (C=O) groups excluding carboxylic acids is 1. The first-order valence-electron chi connectivity index (χ1n) is 10.7. The molecule has 3 heterocycles. The van der Waals surface area contributed by atoms with E-state index < -0.39 is 11.7 Å². The summed E-state index contributed by atoms with van der Waals surface area (Å²) in [7, 11) is 0. The van der Waals surface area contributed by atoms with Gasteiger partial charge in [-0.2, -0.15) is 23.1 Å². The zero-order valence-electron chi connectivity index (χ0n) is 18.6. The largest absolute Gasteiger partial charge is 0.417 e. The molecule has 0 aliphatic carbocycles. The number of amides is 1. The summed E-state index contributed by atoms with van der Waals surface area (Å²) in [6, 6.07) is 8.30. The molecule has 1 aliphatic heterocycles. The van der Waals surface area contributed by atoms with Crippen LogP contribution in [0.4, 0.5) is 19.0 Å². The van der Waals surface area contributed by atoms with Crippen LogP contribution in [0.15, 0.2) is 36.5 Å². The molecule has 0 saturated carbocycles. The Morgan fingerprint density at radius 2 is 1.79 bits per heavy atom. The van der Waals surface area contributed by atoms with Crippen molar-refractivity contribution >= 4 is 11.7 Å². The van der Waals surface area contributed by atoms with Crippen LogP contribution in [0.25, 0.3) is 5.69 Å². The quantitative estimate of drug-likeness (QED) is 0.640. The van der Waals surface area contributed by atoms with Gasteiger partial charge in [0, 0.05) is 25.3 Å². The Balaban J connectivity index is 1.37. The van der Waals surface area contributed by atoms with E-state index in [1.54, 1.807) is 6.92 Å². The highest BCUT2D eigenvalue weighted by atomic mass is 19.4. The van der Waals surface area contributed by atoms with E-state index in [4.69, 9.17) is 0 Å². The Kier molecular flexibility index (Phi) is 6.09. The van der Waals surface area contributed by atoms with Crippen molar-refractivity contribution in [3.8, 4) is 5.69 Å². The Labute approximate surface area is 189 Å². The van der Waals surface area contributed by atoms with Crippen LogP contribution in [0.5, 0.6) is 0 Å². The van der Waals surface area contributed by atoms with Crippen molar-refractivity contribution in [1.82, 2.24) is 25.3 Å². The van der Waals surface area contributed by atoms with Crippen molar-refractivity contribution in [3.05, 3.63) is 64.6 Å². The molecule has 1 aliphatic rings. The van der Waals surface area contributed by atoms with Crippen LogP contribution in [-0.4, -0.2) is 45.0 Å². The normalized spacial score (nSPS) is 15.0. The minimum Gasteiger partial charge on any atom is -0.356 e. The number of halogens is 3. The number of rotatable bonds is 4. The maximum Gasteiger partial charge on any atom is 0.417 e. The van der Waals surface area contributed by atoms with E-state index >= 15 is 0 Å². The number of anilines is 1. The monoisotopic (exact) mass is 458 g/mol. The molecule has 4 rings (SSSR count). The molecular formula is C23H25F3N6O. The van der Waals surface area contributed by atoms with E-state index in [1.807, 2.05) is 36.9 Å². The first kappa shape index (κ1) is 22.8. The van der Waals surface area contributed by atoms with Gasteiger partial charge in [-0.05, 0) is 57.4 Å². The summed E-state index contributed by atoms with van der Waals surface area (Å²) >= 11 is 0. The van der Waals surface area contributed by atoms with Crippen LogP contribution in [0.3, 0.4) is 0 Å². The Hall–Kier alpha value is -3.43. The lowest BCUT2D eigenvalue weighted by molar-refractivity contribution is -0.137. The van der Waals surface area contributed by atoms with Gasteiger partial charge in [-0.1, -0.05) is 17.7 Å². The highest BCUT2D eigenvalue weighted by Crippen LogP contribution is 2.29. The van der Waals surface area contributed by atoms with Gasteiger partial charge in [-0.3, -0.25) is 4.79 Å². The number of benzene rings is 1. The third-order valence-corrected chi connectivity index (χ3v) is 5.79. The van der Waals surface area contributed by atoms with E-state index in [0.29, 0.717) is 37.4 Å². The molecule has 7 nitrogen and oxygen atoms in total. The molecule has 2 aromatic heterocycles. The lowest BCUT2D eigenvalue weighted by Crippen LogP contribution is -2.45. The van der Waals surface area contributed by atoms with Gasteiger partial charge < -0.3 is 10.2 Å². The second-order valence-electron chi connectivity index (χ2n) is 8.35. The van der Waals surface area contributed by atoms with Crippen LogP contribution in [-0.2, 0) is 6.18 Å². The SMILES string of the molecule is Cc1ccc(-n2nc(C)c(C(=O)NC3CCN(c4ccc(C(F)(F)F)cn4)CC3)n2)c(C)c1. The molecule has 10 heteroatoms. The summed E-state index contributed by atoms with van der Waals surface area (Å²) in [6.45, 7) is 6.90. The van der Waals surface area contributed by atoms with Gasteiger partial charge >= 0.3 is 6.18 Å². The zero-order valence-corrected chi connectivity index (χ0v) is 18.6. The van der Waals surface area contributed by atoms with Crippen molar-refractivity contribution in [3.63, 3.8) is 0 Å². The molecule has 33 heavy (non-hydrogen) atoms. The number of aryl methyl sites for hydroxylation is 3. The van der Waals surface area contributed by atoms with Gasteiger partial charge in [0.15, 0.2) is 5.69 Å². The number of carbonyl (C=O) groups is 1. The molecule has 0 atom stereocenters. The first-order chi connectivity index (χ1) is 15.6. The Morgan fingerprint density at radius 1 is 1.06 bits per heavy atom. The third-order valence-electron chi connectivity index (χ3n) is 5.79. The predicted octanol–water partition coefficient (Wildman–Crippen LogP) is 4.01. The lowest BCUT2D eigenvalue weighted by Gasteiger charge is -2.33. The molecule has 1 amide bonds. The highest BCUT2D eigenvalue weighted by Gasteiger charge is 2.31. The molecule has 0 radical (unpaired) electrons. The smallest absolute Gasteiger partial charge is 0.356 e. The molecule has 0 spiro atoms. The molecule has 1 aromatic carbocycles. The van der Waals surface area contributed by atoms with Crippen LogP contribution >= 0.6 is 0 Å². The van der Waals surface area contributed by atoms with Crippen molar-refractivity contribution in [1.29, 1.82) is 0 Å². The van der Waals surface area contributed by atoms with Gasteiger partial charge in [0.25, 0.3) is 5.91 Å². The van der Waals surface area contributed by atoms with Gasteiger partial charge in [-0.15, -0.1) is 5.10 Å². The van der Waals surface area contributed by atoms with Crippen molar-refractivity contribution in [2.45, 2.75) is 45.8 Å². The summed E-state index contributed by atoms with van der Waals surface area (Å²) in [5.74, 6) is 0.217. The molecule has 174 valence electrons. The second-order valence-corrected chi connectivity index (χ2v) is 8.35. The number of nitrogens with one attached hydrogen (secondary N) is 1. The molecule has 1 saturated heterocycles. The molecule has 0 bridgehead atoms. The third kappa shape index (κ3) is 4.99. The summed E-state index contributed by atoms with van der Waals surface area (Å²) in [5.41, 5.74) is 3.02. The molecule has 0 unspecified atom stereocenters. The maximum absolute atomic E-state index is 12.8. The fourth-order valence-corrected chi connectivity index (χ4v) is 3.97. The number of pyridine rings is 1. The molecular weight excluding hydrogens is 433 g/mol. The lowest BCUT2D eigenvalue weighted by atomic mass is 10.0. The second kappa shape index (κ2) is 8.84. The Bertz CT molecular complexity index is 1150. The summed E-state index contributed by atoms with van der Waals surface area (Å²) in [4.78, 5) is 20.2. The standard InChI is InChI=1S/C23H25F3N6O/c1-14-4-6-19(15(2)12-14)32-29-16(3)21(30-32)22(33)28-18-8-10-31(11-9-18)20-7-5-17(13-27-20)23(24,25)26/h4-7,12-13,18H,8-11H2,1-3H3,(H,28,33). The van der Waals surface area contributed by atoms with Crippen LogP contribution in [0.2, 0.25) is 0 Å². The summed E-state index contributed by atoms with van der Waals surface area (Å²) in [6.07, 6.45) is -2.25. The van der Waals surface area contributed by atoms with E-state index in [0.717, 1.165) is 29.1 Å². The average Bonchev–Trinajstić information content (AvgIpc) is 3.15. The van der Waals surface area contributed by atoms with Crippen molar-refractivity contribution in [2.24, 2.45) is 0 Å². The maximum atomic E-state index is 12.8. The number of piperidine rings is 1. The van der Waals surface area contributed by atoms with Crippen LogP contribution in [0.1, 0.15) is 45.7 Å². The van der Waals surface area contributed by atoms with Gasteiger partial charge in [-0.25, -0.2) is 4.98 Å². The summed E-state index contributed by atoms with van der Waals surface area (Å²) < 4.78 is 38.2. The van der Waals surface area contributed by atoms with Crippen molar-refractivity contribution in [2.75, 3.05) is 18.0 Å². The molecule has 1 N–H and O–H groups in total. The van der Waals surface area contributed by atoms with Crippen LogP contribution < -0.4 is 10.2 Å². The topological polar surface area (TPSA) is 75.9 Å². The van der Waals surface area contributed by atoms with Gasteiger partial charge in [0.05, 0.1) is 16.9 Å². The fraction of sp³-hybridized carbons (Fsp3) is 0.391. The van der Waals surface area contributed by atoms with Crippen LogP contribution in [0, 0.1) is 20.8 Å². The van der Waals surface area contributed by atoms with E-state index in [2.05, 4.69) is 20.5 Å². The molecule has 3 aromatic rings. The average molecular weight is 458 g/mol. The van der Waals surface area contributed by atoms with E-state index in [-0.39, 0.29) is 17.6 Å². The minimum absolute atomic E-state index is 0.0612. The first-order valence-corrected chi connectivity index (χ1v) is 10.7. The van der Waals surface area contributed by atoms with Gasteiger partial charge in [0.1, 0.15) is 5.82 Å². The summed E-state index contributed by atoms with van der Waals surface area (Å²) in [5, 5.41) is 11.8.